The van der Waals surface area contributed by atoms with Crippen LogP contribution in [0.2, 0.25) is 0 Å². The largest absolute Gasteiger partial charge is 0.398 e. The van der Waals surface area contributed by atoms with Gasteiger partial charge in [0.15, 0.2) is 0 Å². The van der Waals surface area contributed by atoms with Crippen molar-refractivity contribution in [2.24, 2.45) is 4.99 Å². The van der Waals surface area contributed by atoms with Crippen LogP contribution >= 0.6 is 0 Å². The van der Waals surface area contributed by atoms with Gasteiger partial charge in [-0.15, -0.1) is 0 Å². The molecule has 2 N–H and O–H groups in total. The predicted molar refractivity (Wildman–Crippen MR) is 60.9 cm³/mol. The first-order valence-corrected chi connectivity index (χ1v) is 5.06. The summed E-state index contributed by atoms with van der Waals surface area (Å²) in [4.78, 5) is 4.44. The Morgan fingerprint density at radius 3 is 2.71 bits per heavy atom. The monoisotopic (exact) mass is 188 g/mol. The summed E-state index contributed by atoms with van der Waals surface area (Å²) in [5.41, 5.74) is 10.3. The molecule has 14 heavy (non-hydrogen) atoms. The molecule has 0 saturated heterocycles. The molecule has 0 amide bonds. The van der Waals surface area contributed by atoms with Crippen molar-refractivity contribution in [2.45, 2.75) is 32.7 Å². The number of nitrogens with two attached hydrogens (primary N) is 1. The minimum atomic E-state index is 0.565. The maximum atomic E-state index is 5.97. The normalized spacial score (nSPS) is 16.4. The van der Waals surface area contributed by atoms with E-state index in [0.29, 0.717) is 6.04 Å². The molecule has 0 unspecified atom stereocenters. The lowest BCUT2D eigenvalue weighted by molar-refractivity contribution is 1.08. The van der Waals surface area contributed by atoms with Crippen LogP contribution in [-0.4, -0.2) is 12.3 Å². The van der Waals surface area contributed by atoms with Crippen molar-refractivity contribution in [1.82, 2.24) is 0 Å². The second-order valence-corrected chi connectivity index (χ2v) is 4.09. The van der Waals surface area contributed by atoms with Crippen LogP contribution in [0.5, 0.6) is 0 Å². The van der Waals surface area contributed by atoms with E-state index >= 15 is 0 Å². The highest BCUT2D eigenvalue weighted by atomic mass is 14.8. The van der Waals surface area contributed by atoms with Gasteiger partial charge >= 0.3 is 0 Å². The van der Waals surface area contributed by atoms with Crippen molar-refractivity contribution in [2.75, 3.05) is 5.73 Å². The van der Waals surface area contributed by atoms with Gasteiger partial charge < -0.3 is 5.73 Å². The Morgan fingerprint density at radius 1 is 1.36 bits per heavy atom. The number of rotatable bonds is 2. The first kappa shape index (κ1) is 9.25. The Morgan fingerprint density at radius 2 is 2.07 bits per heavy atom. The maximum Gasteiger partial charge on any atom is 0.0501 e. The zero-order valence-corrected chi connectivity index (χ0v) is 8.75. The number of nitrogens with zero attached hydrogens (tertiary/aromatic N) is 1. The SMILES string of the molecule is Cc1cc(C)c(N)c(C=NC2CC2)c1. The fourth-order valence-electron chi connectivity index (χ4n) is 1.53. The van der Waals surface area contributed by atoms with Gasteiger partial charge in [0.2, 0.25) is 0 Å². The number of hydrogen-bond acceptors (Lipinski definition) is 2. The Labute approximate surface area is 84.9 Å². The van der Waals surface area contributed by atoms with E-state index in [-0.39, 0.29) is 0 Å². The van der Waals surface area contributed by atoms with E-state index in [9.17, 15) is 0 Å². The number of benzene rings is 1. The van der Waals surface area contributed by atoms with Crippen LogP contribution in [0.1, 0.15) is 29.5 Å². The number of aliphatic imine (C=N–C) groups is 1. The molecule has 0 aliphatic heterocycles. The van der Waals surface area contributed by atoms with Gasteiger partial charge in [-0.25, -0.2) is 0 Å². The molecule has 1 aliphatic carbocycles. The number of aryl methyl sites for hydroxylation is 2. The van der Waals surface area contributed by atoms with E-state index in [2.05, 4.69) is 24.0 Å². The maximum absolute atomic E-state index is 5.97. The Hall–Kier alpha value is -1.31. The summed E-state index contributed by atoms with van der Waals surface area (Å²) >= 11 is 0. The molecule has 0 heterocycles. The Bertz CT molecular complexity index is 376. The van der Waals surface area contributed by atoms with Gasteiger partial charge in [0.25, 0.3) is 0 Å². The summed E-state index contributed by atoms with van der Waals surface area (Å²) in [6.45, 7) is 4.12. The van der Waals surface area contributed by atoms with E-state index in [4.69, 9.17) is 5.73 Å². The minimum absolute atomic E-state index is 0.565. The summed E-state index contributed by atoms with van der Waals surface area (Å²) in [6.07, 6.45) is 4.40. The molecule has 74 valence electrons. The number of hydrogen-bond donors (Lipinski definition) is 1. The molecule has 1 aliphatic rings. The molecule has 2 heteroatoms. The van der Waals surface area contributed by atoms with Crippen LogP contribution in [0.3, 0.4) is 0 Å². The highest BCUT2D eigenvalue weighted by Gasteiger charge is 2.18. The van der Waals surface area contributed by atoms with Gasteiger partial charge in [-0.3, -0.25) is 4.99 Å². The van der Waals surface area contributed by atoms with Crippen LogP contribution < -0.4 is 5.73 Å². The van der Waals surface area contributed by atoms with Crippen molar-refractivity contribution < 1.29 is 0 Å². The summed E-state index contributed by atoms with van der Waals surface area (Å²) in [6, 6.07) is 4.76. The lowest BCUT2D eigenvalue weighted by Gasteiger charge is -2.05. The third-order valence-electron chi connectivity index (χ3n) is 2.53. The number of nitrogen functional groups attached to an aromatic ring is 1. The summed E-state index contributed by atoms with van der Waals surface area (Å²) in [5.74, 6) is 0. The third kappa shape index (κ3) is 1.95. The second-order valence-electron chi connectivity index (χ2n) is 4.09. The standard InChI is InChI=1S/C12H16N2/c1-8-5-9(2)12(13)10(6-8)7-14-11-3-4-11/h5-7,11H,3-4,13H2,1-2H3. The molecule has 2 nitrogen and oxygen atoms in total. The quantitative estimate of drug-likeness (QED) is 0.562. The van der Waals surface area contributed by atoms with E-state index in [1.807, 2.05) is 13.1 Å². The third-order valence-corrected chi connectivity index (χ3v) is 2.53. The molecule has 0 bridgehead atoms. The second kappa shape index (κ2) is 3.45. The van der Waals surface area contributed by atoms with Gasteiger partial charge in [0.1, 0.15) is 0 Å². The lowest BCUT2D eigenvalue weighted by atomic mass is 10.1. The molecule has 2 rings (SSSR count). The lowest BCUT2D eigenvalue weighted by Crippen LogP contribution is -1.98. The van der Waals surface area contributed by atoms with Crippen LogP contribution in [0.15, 0.2) is 17.1 Å². The van der Waals surface area contributed by atoms with E-state index in [1.54, 1.807) is 0 Å². The molecule has 1 saturated carbocycles. The van der Waals surface area contributed by atoms with E-state index in [0.717, 1.165) is 16.8 Å². The molecule has 0 atom stereocenters. The summed E-state index contributed by atoms with van der Waals surface area (Å²) in [5, 5.41) is 0. The van der Waals surface area contributed by atoms with E-state index < -0.39 is 0 Å². The smallest absolute Gasteiger partial charge is 0.0501 e. The van der Waals surface area contributed by atoms with Crippen LogP contribution in [-0.2, 0) is 0 Å². The Balaban J connectivity index is 2.30. The van der Waals surface area contributed by atoms with Crippen LogP contribution in [0, 0.1) is 13.8 Å². The van der Waals surface area contributed by atoms with Crippen molar-refractivity contribution in [3.63, 3.8) is 0 Å². The van der Waals surface area contributed by atoms with Gasteiger partial charge in [0, 0.05) is 17.5 Å². The summed E-state index contributed by atoms with van der Waals surface area (Å²) < 4.78 is 0. The molecule has 0 radical (unpaired) electrons. The zero-order chi connectivity index (χ0) is 10.1. The van der Waals surface area contributed by atoms with Crippen molar-refractivity contribution >= 4 is 11.9 Å². The topological polar surface area (TPSA) is 38.4 Å². The minimum Gasteiger partial charge on any atom is -0.398 e. The van der Waals surface area contributed by atoms with Gasteiger partial charge in [-0.05, 0) is 38.3 Å². The molecular weight excluding hydrogens is 172 g/mol. The molecule has 0 spiro atoms. The van der Waals surface area contributed by atoms with Crippen molar-refractivity contribution in [1.29, 1.82) is 0 Å². The zero-order valence-electron chi connectivity index (χ0n) is 8.75. The van der Waals surface area contributed by atoms with Crippen molar-refractivity contribution in [3.8, 4) is 0 Å². The molecule has 1 aromatic rings. The summed E-state index contributed by atoms with van der Waals surface area (Å²) in [7, 11) is 0. The average Bonchev–Trinajstić information content (AvgIpc) is 2.92. The predicted octanol–water partition coefficient (Wildman–Crippen LogP) is 2.47. The van der Waals surface area contributed by atoms with Gasteiger partial charge in [0.05, 0.1) is 6.04 Å². The highest BCUT2D eigenvalue weighted by Crippen LogP contribution is 2.24. The van der Waals surface area contributed by atoms with Gasteiger partial charge in [-0.2, -0.15) is 0 Å². The first-order valence-electron chi connectivity index (χ1n) is 5.06. The number of anilines is 1. The van der Waals surface area contributed by atoms with Crippen LogP contribution in [0.25, 0.3) is 0 Å². The molecule has 0 aromatic heterocycles. The fourth-order valence-corrected chi connectivity index (χ4v) is 1.53. The fraction of sp³-hybridized carbons (Fsp3) is 0.417. The molecular formula is C12H16N2. The molecule has 1 aromatic carbocycles. The van der Waals surface area contributed by atoms with Crippen molar-refractivity contribution in [3.05, 3.63) is 28.8 Å². The van der Waals surface area contributed by atoms with E-state index in [1.165, 1.54) is 18.4 Å². The van der Waals surface area contributed by atoms with Gasteiger partial charge in [-0.1, -0.05) is 11.6 Å². The average molecular weight is 188 g/mol. The highest BCUT2D eigenvalue weighted by molar-refractivity contribution is 5.88. The first-order chi connectivity index (χ1) is 6.66. The molecule has 1 fully saturated rings. The van der Waals surface area contributed by atoms with Crippen LogP contribution in [0.4, 0.5) is 5.69 Å². The Kier molecular flexibility index (Phi) is 2.28.